The molecule has 0 aromatic rings. The van der Waals surface area contributed by atoms with Crippen molar-refractivity contribution in [1.29, 1.82) is 0 Å². The van der Waals surface area contributed by atoms with Gasteiger partial charge in [-0.1, -0.05) is 0 Å². The van der Waals surface area contributed by atoms with Crippen molar-refractivity contribution in [2.45, 2.75) is 39.2 Å². The van der Waals surface area contributed by atoms with E-state index < -0.39 is 5.60 Å². The van der Waals surface area contributed by atoms with Crippen LogP contribution < -0.4 is 5.73 Å². The molecule has 0 unspecified atom stereocenters. The van der Waals surface area contributed by atoms with Gasteiger partial charge in [0.25, 0.3) is 0 Å². The summed E-state index contributed by atoms with van der Waals surface area (Å²) in [7, 11) is 0. The SMILES string of the molecule is CC(C)(C)OC(=O)N1CC[C@@H](CC(N)=O)C1. The van der Waals surface area contributed by atoms with E-state index in [1.54, 1.807) is 4.90 Å². The van der Waals surface area contributed by atoms with Crippen molar-refractivity contribution in [3.8, 4) is 0 Å². The van der Waals surface area contributed by atoms with Gasteiger partial charge in [-0.25, -0.2) is 4.79 Å². The number of carbonyl (C=O) groups is 2. The Morgan fingerprint density at radius 2 is 2.06 bits per heavy atom. The van der Waals surface area contributed by atoms with Gasteiger partial charge in [-0.2, -0.15) is 0 Å². The smallest absolute Gasteiger partial charge is 0.410 e. The van der Waals surface area contributed by atoms with Crippen LogP contribution in [0, 0.1) is 5.92 Å². The Bertz CT molecular complexity index is 283. The highest BCUT2D eigenvalue weighted by Gasteiger charge is 2.30. The third-order valence-corrected chi connectivity index (χ3v) is 2.43. The fraction of sp³-hybridized carbons (Fsp3) is 0.818. The maximum absolute atomic E-state index is 11.7. The lowest BCUT2D eigenvalue weighted by atomic mass is 10.1. The Labute approximate surface area is 95.9 Å². The number of nitrogens with zero attached hydrogens (tertiary/aromatic N) is 1. The minimum atomic E-state index is -0.473. The van der Waals surface area contributed by atoms with Gasteiger partial charge in [0, 0.05) is 19.5 Å². The zero-order valence-corrected chi connectivity index (χ0v) is 10.2. The van der Waals surface area contributed by atoms with Crippen LogP contribution in [-0.4, -0.2) is 35.6 Å². The van der Waals surface area contributed by atoms with Crippen molar-refractivity contribution in [2.75, 3.05) is 13.1 Å². The fourth-order valence-electron chi connectivity index (χ4n) is 1.78. The van der Waals surface area contributed by atoms with Crippen LogP contribution in [0.4, 0.5) is 4.79 Å². The van der Waals surface area contributed by atoms with Crippen molar-refractivity contribution >= 4 is 12.0 Å². The Morgan fingerprint density at radius 1 is 1.44 bits per heavy atom. The first-order valence-corrected chi connectivity index (χ1v) is 5.54. The van der Waals surface area contributed by atoms with E-state index in [0.717, 1.165) is 6.42 Å². The maximum atomic E-state index is 11.7. The predicted octanol–water partition coefficient (Wildman–Crippen LogP) is 1.12. The van der Waals surface area contributed by atoms with Crippen LogP contribution in [0.1, 0.15) is 33.6 Å². The Hall–Kier alpha value is -1.26. The molecule has 0 bridgehead atoms. The quantitative estimate of drug-likeness (QED) is 0.769. The summed E-state index contributed by atoms with van der Waals surface area (Å²) in [5.41, 5.74) is 4.65. The standard InChI is InChI=1S/C11H20N2O3/c1-11(2,3)16-10(15)13-5-4-8(7-13)6-9(12)14/h8H,4-7H2,1-3H3,(H2,12,14)/t8-/m0/s1. The number of nitrogens with two attached hydrogens (primary N) is 1. The summed E-state index contributed by atoms with van der Waals surface area (Å²) in [5, 5.41) is 0. The van der Waals surface area contributed by atoms with Crippen LogP contribution >= 0.6 is 0 Å². The second-order valence-electron chi connectivity index (χ2n) is 5.25. The summed E-state index contributed by atoms with van der Waals surface area (Å²) < 4.78 is 5.25. The van der Waals surface area contributed by atoms with Crippen LogP contribution in [0.25, 0.3) is 0 Å². The molecule has 92 valence electrons. The van der Waals surface area contributed by atoms with Crippen LogP contribution in [-0.2, 0) is 9.53 Å². The number of primary amides is 1. The molecule has 0 radical (unpaired) electrons. The predicted molar refractivity (Wildman–Crippen MR) is 59.7 cm³/mol. The Balaban J connectivity index is 2.41. The second kappa shape index (κ2) is 4.72. The summed E-state index contributed by atoms with van der Waals surface area (Å²) in [6.07, 6.45) is 0.862. The Morgan fingerprint density at radius 3 is 2.56 bits per heavy atom. The molecule has 1 saturated heterocycles. The highest BCUT2D eigenvalue weighted by molar-refractivity contribution is 5.74. The van der Waals surface area contributed by atoms with E-state index in [-0.39, 0.29) is 17.9 Å². The number of hydrogen-bond acceptors (Lipinski definition) is 3. The van der Waals surface area contributed by atoms with Crippen LogP contribution in [0.3, 0.4) is 0 Å². The van der Waals surface area contributed by atoms with Crippen LogP contribution in [0.5, 0.6) is 0 Å². The molecule has 16 heavy (non-hydrogen) atoms. The molecular formula is C11H20N2O3. The molecule has 5 heteroatoms. The number of likely N-dealkylation sites (tertiary alicyclic amines) is 1. The van der Waals surface area contributed by atoms with E-state index in [9.17, 15) is 9.59 Å². The molecule has 0 saturated carbocycles. The van der Waals surface area contributed by atoms with Gasteiger partial charge in [-0.3, -0.25) is 4.79 Å². The molecule has 0 spiro atoms. The summed E-state index contributed by atoms with van der Waals surface area (Å²) >= 11 is 0. The largest absolute Gasteiger partial charge is 0.444 e. The van der Waals surface area contributed by atoms with E-state index in [2.05, 4.69) is 0 Å². The van der Waals surface area contributed by atoms with E-state index in [0.29, 0.717) is 19.5 Å². The van der Waals surface area contributed by atoms with Gasteiger partial charge < -0.3 is 15.4 Å². The van der Waals surface area contributed by atoms with Crippen molar-refractivity contribution in [3.05, 3.63) is 0 Å². The molecule has 0 aromatic carbocycles. The van der Waals surface area contributed by atoms with E-state index in [1.165, 1.54) is 0 Å². The van der Waals surface area contributed by atoms with E-state index in [1.807, 2.05) is 20.8 Å². The highest BCUT2D eigenvalue weighted by Crippen LogP contribution is 2.21. The molecule has 2 N–H and O–H groups in total. The molecule has 1 rings (SSSR count). The number of hydrogen-bond donors (Lipinski definition) is 1. The second-order valence-corrected chi connectivity index (χ2v) is 5.25. The molecule has 1 atom stereocenters. The maximum Gasteiger partial charge on any atom is 0.410 e. The molecule has 0 aromatic heterocycles. The monoisotopic (exact) mass is 228 g/mol. The van der Waals surface area contributed by atoms with Crippen molar-refractivity contribution in [3.63, 3.8) is 0 Å². The number of rotatable bonds is 2. The number of ether oxygens (including phenoxy) is 1. The van der Waals surface area contributed by atoms with Gasteiger partial charge in [0.05, 0.1) is 0 Å². The summed E-state index contributed by atoms with van der Waals surface area (Å²) in [5.74, 6) is -0.124. The first kappa shape index (κ1) is 12.8. The molecular weight excluding hydrogens is 208 g/mol. The molecule has 1 aliphatic heterocycles. The number of carbonyl (C=O) groups excluding carboxylic acids is 2. The molecule has 1 heterocycles. The van der Waals surface area contributed by atoms with Crippen molar-refractivity contribution in [2.24, 2.45) is 11.7 Å². The average Bonchev–Trinajstić information content (AvgIpc) is 2.48. The van der Waals surface area contributed by atoms with E-state index >= 15 is 0 Å². The molecule has 5 nitrogen and oxygen atoms in total. The molecule has 1 fully saturated rings. The van der Waals surface area contributed by atoms with Gasteiger partial charge >= 0.3 is 6.09 Å². The summed E-state index contributed by atoms with van der Waals surface area (Å²) in [4.78, 5) is 24.1. The van der Waals surface area contributed by atoms with Gasteiger partial charge in [-0.15, -0.1) is 0 Å². The van der Waals surface area contributed by atoms with Crippen molar-refractivity contribution < 1.29 is 14.3 Å². The normalized spacial score (nSPS) is 20.9. The zero-order valence-electron chi connectivity index (χ0n) is 10.2. The van der Waals surface area contributed by atoms with Gasteiger partial charge in [0.15, 0.2) is 0 Å². The molecule has 1 aliphatic rings. The first-order chi connectivity index (χ1) is 7.28. The van der Waals surface area contributed by atoms with Gasteiger partial charge in [-0.05, 0) is 33.1 Å². The Kier molecular flexibility index (Phi) is 3.78. The minimum absolute atomic E-state index is 0.185. The lowest BCUT2D eigenvalue weighted by molar-refractivity contribution is -0.118. The lowest BCUT2D eigenvalue weighted by Gasteiger charge is -2.24. The summed E-state index contributed by atoms with van der Waals surface area (Å²) in [6, 6.07) is 0. The van der Waals surface area contributed by atoms with Gasteiger partial charge in [0.1, 0.15) is 5.60 Å². The highest BCUT2D eigenvalue weighted by atomic mass is 16.6. The topological polar surface area (TPSA) is 72.6 Å². The van der Waals surface area contributed by atoms with E-state index in [4.69, 9.17) is 10.5 Å². The third-order valence-electron chi connectivity index (χ3n) is 2.43. The lowest BCUT2D eigenvalue weighted by Crippen LogP contribution is -2.35. The molecule has 2 amide bonds. The summed E-state index contributed by atoms with van der Waals surface area (Å²) in [6.45, 7) is 6.72. The fourth-order valence-corrected chi connectivity index (χ4v) is 1.78. The van der Waals surface area contributed by atoms with Crippen LogP contribution in [0.2, 0.25) is 0 Å². The van der Waals surface area contributed by atoms with Crippen molar-refractivity contribution in [1.82, 2.24) is 4.90 Å². The third kappa shape index (κ3) is 4.08. The minimum Gasteiger partial charge on any atom is -0.444 e. The zero-order chi connectivity index (χ0) is 12.3. The van der Waals surface area contributed by atoms with Crippen LogP contribution in [0.15, 0.2) is 0 Å². The molecule has 0 aliphatic carbocycles. The van der Waals surface area contributed by atoms with Gasteiger partial charge in [0.2, 0.25) is 5.91 Å². The number of amides is 2. The first-order valence-electron chi connectivity index (χ1n) is 5.54. The average molecular weight is 228 g/mol.